The van der Waals surface area contributed by atoms with Crippen LogP contribution in [0.3, 0.4) is 0 Å². The molecule has 1 N–H and O–H groups in total. The molecule has 0 bridgehead atoms. The predicted octanol–water partition coefficient (Wildman–Crippen LogP) is 3.46. The van der Waals surface area contributed by atoms with E-state index in [4.69, 9.17) is 11.6 Å². The summed E-state index contributed by atoms with van der Waals surface area (Å²) in [5, 5.41) is 7.76. The maximum absolute atomic E-state index is 12.1. The lowest BCUT2D eigenvalue weighted by atomic mass is 9.73. The van der Waals surface area contributed by atoms with Gasteiger partial charge in [0.2, 0.25) is 0 Å². The quantitative estimate of drug-likeness (QED) is 0.865. The number of hydrogen-bond acceptors (Lipinski definition) is 3. The second-order valence-electron chi connectivity index (χ2n) is 6.08. The fourth-order valence-corrected chi connectivity index (χ4v) is 2.97. The van der Waals surface area contributed by atoms with E-state index < -0.39 is 0 Å². The summed E-state index contributed by atoms with van der Waals surface area (Å²) in [7, 11) is 0. The molecule has 5 heteroatoms. The fraction of sp³-hybridized carbons (Fsp3) is 0.600. The van der Waals surface area contributed by atoms with Gasteiger partial charge in [-0.3, -0.25) is 4.79 Å². The maximum atomic E-state index is 12.1. The van der Waals surface area contributed by atoms with E-state index in [0.29, 0.717) is 18.3 Å². The van der Waals surface area contributed by atoms with Crippen LogP contribution in [0.1, 0.15) is 39.5 Å². The van der Waals surface area contributed by atoms with Gasteiger partial charge in [0, 0.05) is 6.04 Å². The molecule has 4 nitrogen and oxygen atoms in total. The van der Waals surface area contributed by atoms with Crippen LogP contribution in [0.25, 0.3) is 0 Å². The zero-order valence-corrected chi connectivity index (χ0v) is 12.9. The predicted molar refractivity (Wildman–Crippen MR) is 83.4 cm³/mol. The number of anilines is 1. The van der Waals surface area contributed by atoms with Crippen molar-refractivity contribution >= 4 is 17.3 Å². The molecule has 0 aromatic carbocycles. The Bertz CT molecular complexity index is 551. The fourth-order valence-electron chi connectivity index (χ4n) is 2.77. The molecule has 1 aromatic rings. The van der Waals surface area contributed by atoms with Crippen molar-refractivity contribution in [3.63, 3.8) is 0 Å². The van der Waals surface area contributed by atoms with Crippen molar-refractivity contribution in [2.75, 3.05) is 5.32 Å². The molecule has 1 aliphatic rings. The van der Waals surface area contributed by atoms with Gasteiger partial charge >= 0.3 is 0 Å². The number of nitrogens with one attached hydrogen (secondary N) is 1. The third-order valence-electron chi connectivity index (χ3n) is 4.12. The highest BCUT2D eigenvalue weighted by molar-refractivity contribution is 6.32. The van der Waals surface area contributed by atoms with Crippen LogP contribution in [0.15, 0.2) is 23.6 Å². The summed E-state index contributed by atoms with van der Waals surface area (Å²) in [4.78, 5) is 12.1. The Labute approximate surface area is 124 Å². The Balaban J connectivity index is 2.23. The molecule has 0 amide bonds. The van der Waals surface area contributed by atoms with Crippen molar-refractivity contribution in [3.05, 3.63) is 34.2 Å². The first-order valence-corrected chi connectivity index (χ1v) is 7.46. The van der Waals surface area contributed by atoms with Crippen molar-refractivity contribution in [3.8, 4) is 0 Å². The Kier molecular flexibility index (Phi) is 4.53. The molecule has 1 heterocycles. The highest BCUT2D eigenvalue weighted by Crippen LogP contribution is 2.37. The number of nitrogens with zero attached hydrogens (tertiary/aromatic N) is 2. The zero-order valence-electron chi connectivity index (χ0n) is 12.2. The smallest absolute Gasteiger partial charge is 0.287 e. The van der Waals surface area contributed by atoms with Crippen LogP contribution < -0.4 is 10.9 Å². The summed E-state index contributed by atoms with van der Waals surface area (Å²) in [6, 6.07) is 0.324. The van der Waals surface area contributed by atoms with E-state index >= 15 is 0 Å². The lowest BCUT2D eigenvalue weighted by Crippen LogP contribution is -2.39. The molecule has 0 saturated heterocycles. The summed E-state index contributed by atoms with van der Waals surface area (Å²) in [5.74, 6) is 0. The van der Waals surface area contributed by atoms with Crippen molar-refractivity contribution in [1.82, 2.24) is 9.78 Å². The molecule has 0 radical (unpaired) electrons. The molecule has 0 aliphatic heterocycles. The van der Waals surface area contributed by atoms with E-state index in [0.717, 1.165) is 6.42 Å². The molecule has 1 fully saturated rings. The molecule has 1 unspecified atom stereocenters. The lowest BCUT2D eigenvalue weighted by Gasteiger charge is -2.39. The van der Waals surface area contributed by atoms with Gasteiger partial charge < -0.3 is 5.32 Å². The second kappa shape index (κ2) is 6.00. The molecule has 1 aliphatic carbocycles. The van der Waals surface area contributed by atoms with Crippen molar-refractivity contribution in [2.24, 2.45) is 5.41 Å². The number of hydrogen-bond donors (Lipinski definition) is 1. The van der Waals surface area contributed by atoms with Crippen molar-refractivity contribution < 1.29 is 0 Å². The van der Waals surface area contributed by atoms with Crippen LogP contribution in [0.4, 0.5) is 5.69 Å². The Morgan fingerprint density at radius 1 is 1.60 bits per heavy atom. The van der Waals surface area contributed by atoms with Gasteiger partial charge in [0.15, 0.2) is 0 Å². The van der Waals surface area contributed by atoms with E-state index in [1.165, 1.54) is 23.9 Å². The third-order valence-corrected chi connectivity index (χ3v) is 4.49. The van der Waals surface area contributed by atoms with Crippen LogP contribution in [-0.2, 0) is 6.54 Å². The summed E-state index contributed by atoms with van der Waals surface area (Å²) in [6.07, 6.45) is 8.01. The average Bonchev–Trinajstić information content (AvgIpc) is 2.40. The number of allylic oxidation sites excluding steroid dienone is 1. The van der Waals surface area contributed by atoms with E-state index in [1.54, 1.807) is 12.3 Å². The standard InChI is InChI=1S/C15H22ClN3O/c1-4-9-19-14(20)13(16)11(10-17-19)18-12-7-5-6-8-15(12,2)3/h4,10,12,18H,1,5-9H2,2-3H3. The van der Waals surface area contributed by atoms with Crippen LogP contribution in [-0.4, -0.2) is 15.8 Å². The first kappa shape index (κ1) is 15.1. The molecule has 110 valence electrons. The van der Waals surface area contributed by atoms with E-state index in [9.17, 15) is 4.79 Å². The maximum Gasteiger partial charge on any atom is 0.287 e. The Hall–Kier alpha value is -1.29. The summed E-state index contributed by atoms with van der Waals surface area (Å²) >= 11 is 6.18. The molecular formula is C15H22ClN3O. The molecular weight excluding hydrogens is 274 g/mol. The van der Waals surface area contributed by atoms with Crippen LogP contribution >= 0.6 is 11.6 Å². The zero-order chi connectivity index (χ0) is 14.8. The average molecular weight is 296 g/mol. The normalized spacial score (nSPS) is 21.4. The van der Waals surface area contributed by atoms with Gasteiger partial charge in [0.25, 0.3) is 5.56 Å². The molecule has 1 atom stereocenters. The van der Waals surface area contributed by atoms with Gasteiger partial charge in [-0.1, -0.05) is 44.4 Å². The minimum Gasteiger partial charge on any atom is -0.379 e. The monoisotopic (exact) mass is 295 g/mol. The topological polar surface area (TPSA) is 46.9 Å². The third kappa shape index (κ3) is 3.06. The summed E-state index contributed by atoms with van der Waals surface area (Å²) < 4.78 is 1.31. The van der Waals surface area contributed by atoms with Crippen molar-refractivity contribution in [2.45, 2.75) is 52.1 Å². The van der Waals surface area contributed by atoms with E-state index in [1.807, 2.05) is 0 Å². The first-order chi connectivity index (χ1) is 9.45. The largest absolute Gasteiger partial charge is 0.379 e. The minimum atomic E-state index is -0.273. The van der Waals surface area contributed by atoms with Gasteiger partial charge in [-0.15, -0.1) is 6.58 Å². The Morgan fingerprint density at radius 2 is 2.35 bits per heavy atom. The lowest BCUT2D eigenvalue weighted by molar-refractivity contribution is 0.217. The molecule has 1 aromatic heterocycles. The highest BCUT2D eigenvalue weighted by Gasteiger charge is 2.32. The van der Waals surface area contributed by atoms with Crippen LogP contribution in [0.5, 0.6) is 0 Å². The summed E-state index contributed by atoms with van der Waals surface area (Å²) in [6.45, 7) is 8.48. The first-order valence-electron chi connectivity index (χ1n) is 7.09. The number of aromatic nitrogens is 2. The van der Waals surface area contributed by atoms with Gasteiger partial charge in [-0.2, -0.15) is 5.10 Å². The number of halogens is 1. The highest BCUT2D eigenvalue weighted by atomic mass is 35.5. The second-order valence-corrected chi connectivity index (χ2v) is 6.46. The summed E-state index contributed by atoms with van der Waals surface area (Å²) in [5.41, 5.74) is 0.569. The van der Waals surface area contributed by atoms with Gasteiger partial charge in [-0.25, -0.2) is 4.68 Å². The molecule has 0 spiro atoms. The minimum absolute atomic E-state index is 0.206. The van der Waals surface area contributed by atoms with Gasteiger partial charge in [0.05, 0.1) is 18.4 Å². The molecule has 1 saturated carbocycles. The van der Waals surface area contributed by atoms with E-state index in [2.05, 4.69) is 30.8 Å². The SMILES string of the molecule is C=CCn1ncc(NC2CCCCC2(C)C)c(Cl)c1=O. The Morgan fingerprint density at radius 3 is 3.00 bits per heavy atom. The van der Waals surface area contributed by atoms with Crippen LogP contribution in [0, 0.1) is 5.41 Å². The number of rotatable bonds is 4. The molecule has 2 rings (SSSR count). The van der Waals surface area contributed by atoms with E-state index in [-0.39, 0.29) is 16.0 Å². The van der Waals surface area contributed by atoms with Gasteiger partial charge in [-0.05, 0) is 18.3 Å². The molecule has 20 heavy (non-hydrogen) atoms. The van der Waals surface area contributed by atoms with Crippen LogP contribution in [0.2, 0.25) is 5.02 Å². The van der Waals surface area contributed by atoms with Gasteiger partial charge in [0.1, 0.15) is 5.02 Å². The van der Waals surface area contributed by atoms with Crippen molar-refractivity contribution in [1.29, 1.82) is 0 Å².